The van der Waals surface area contributed by atoms with Crippen molar-refractivity contribution in [3.63, 3.8) is 0 Å². The van der Waals surface area contributed by atoms with E-state index in [1.807, 2.05) is 0 Å². The number of carboxylic acids is 1. The van der Waals surface area contributed by atoms with E-state index in [1.165, 1.54) is 25.4 Å². The van der Waals surface area contributed by atoms with Crippen LogP contribution in [0.2, 0.25) is 0 Å². The van der Waals surface area contributed by atoms with Gasteiger partial charge in [-0.15, -0.1) is 0 Å². The van der Waals surface area contributed by atoms with E-state index in [-0.39, 0.29) is 11.1 Å². The number of aromatic amines is 1. The molecule has 2 rings (SSSR count). The zero-order valence-corrected chi connectivity index (χ0v) is 10.7. The summed E-state index contributed by atoms with van der Waals surface area (Å²) in [5.41, 5.74) is -0.172. The SMILES string of the molecule is COc1ccc(C(=O)O)c(Sc2nccc(=O)[nH]2)c1. The van der Waals surface area contributed by atoms with E-state index in [9.17, 15) is 9.59 Å². The number of H-pyrrole nitrogens is 1. The second-order valence-electron chi connectivity index (χ2n) is 3.51. The third-order valence-electron chi connectivity index (χ3n) is 2.27. The van der Waals surface area contributed by atoms with Crippen molar-refractivity contribution in [1.82, 2.24) is 9.97 Å². The molecule has 7 heteroatoms. The minimum Gasteiger partial charge on any atom is -0.497 e. The van der Waals surface area contributed by atoms with Crippen LogP contribution in [0.25, 0.3) is 0 Å². The van der Waals surface area contributed by atoms with Gasteiger partial charge in [0.15, 0.2) is 5.16 Å². The van der Waals surface area contributed by atoms with Crippen molar-refractivity contribution < 1.29 is 14.6 Å². The average molecular weight is 278 g/mol. The second-order valence-corrected chi connectivity index (χ2v) is 4.54. The summed E-state index contributed by atoms with van der Waals surface area (Å²) in [5.74, 6) is -0.519. The first-order valence-corrected chi connectivity index (χ1v) is 6.06. The topological polar surface area (TPSA) is 92.3 Å². The number of aromatic carboxylic acids is 1. The number of nitrogens with one attached hydrogen (secondary N) is 1. The molecule has 0 atom stereocenters. The molecule has 0 unspecified atom stereocenters. The van der Waals surface area contributed by atoms with Crippen LogP contribution in [0.5, 0.6) is 5.75 Å². The molecule has 1 heterocycles. The lowest BCUT2D eigenvalue weighted by atomic mass is 10.2. The van der Waals surface area contributed by atoms with Crippen molar-refractivity contribution in [3.8, 4) is 5.75 Å². The summed E-state index contributed by atoms with van der Waals surface area (Å²) in [6.45, 7) is 0. The standard InChI is InChI=1S/C12H10N2O4S/c1-18-7-2-3-8(11(16)17)9(6-7)19-12-13-5-4-10(15)14-12/h2-6H,1H3,(H,16,17)(H,13,14,15). The third-order valence-corrected chi connectivity index (χ3v) is 3.23. The average Bonchev–Trinajstić information content (AvgIpc) is 2.38. The third kappa shape index (κ3) is 3.14. The number of benzene rings is 1. The Balaban J connectivity index is 2.42. The molecular weight excluding hydrogens is 268 g/mol. The molecule has 2 N–H and O–H groups in total. The smallest absolute Gasteiger partial charge is 0.336 e. The Hall–Kier alpha value is -2.28. The van der Waals surface area contributed by atoms with Gasteiger partial charge < -0.3 is 14.8 Å². The van der Waals surface area contributed by atoms with Crippen molar-refractivity contribution in [2.75, 3.05) is 7.11 Å². The zero-order chi connectivity index (χ0) is 13.8. The Morgan fingerprint density at radius 2 is 2.21 bits per heavy atom. The minimum atomic E-state index is -1.05. The molecule has 0 aliphatic rings. The Labute approximate surface area is 112 Å². The summed E-state index contributed by atoms with van der Waals surface area (Å²) in [7, 11) is 1.49. The summed E-state index contributed by atoms with van der Waals surface area (Å²) in [5, 5.41) is 9.44. The monoisotopic (exact) mass is 278 g/mol. The van der Waals surface area contributed by atoms with Crippen LogP contribution in [0.4, 0.5) is 0 Å². The number of carboxylic acid groups (broad SMARTS) is 1. The summed E-state index contributed by atoms with van der Waals surface area (Å²) in [6.07, 6.45) is 1.36. The second kappa shape index (κ2) is 5.57. The fourth-order valence-electron chi connectivity index (χ4n) is 1.40. The molecule has 0 fully saturated rings. The van der Waals surface area contributed by atoms with Crippen LogP contribution in [-0.2, 0) is 0 Å². The lowest BCUT2D eigenvalue weighted by Crippen LogP contribution is -2.06. The highest BCUT2D eigenvalue weighted by Gasteiger charge is 2.13. The molecule has 0 saturated heterocycles. The zero-order valence-electron chi connectivity index (χ0n) is 9.91. The molecule has 2 aromatic rings. The molecule has 1 aromatic carbocycles. The van der Waals surface area contributed by atoms with E-state index in [4.69, 9.17) is 9.84 Å². The number of aromatic nitrogens is 2. The number of nitrogens with zero attached hydrogens (tertiary/aromatic N) is 1. The van der Waals surface area contributed by atoms with Gasteiger partial charge in [-0.3, -0.25) is 4.79 Å². The quantitative estimate of drug-likeness (QED) is 0.826. The number of ether oxygens (including phenoxy) is 1. The number of rotatable bonds is 4. The Morgan fingerprint density at radius 3 is 2.84 bits per heavy atom. The van der Waals surface area contributed by atoms with Gasteiger partial charge in [0.25, 0.3) is 5.56 Å². The van der Waals surface area contributed by atoms with Crippen molar-refractivity contribution in [1.29, 1.82) is 0 Å². The molecule has 0 aliphatic carbocycles. The van der Waals surface area contributed by atoms with Crippen LogP contribution in [-0.4, -0.2) is 28.2 Å². The maximum atomic E-state index is 11.2. The van der Waals surface area contributed by atoms with E-state index in [0.717, 1.165) is 11.8 Å². The van der Waals surface area contributed by atoms with Crippen molar-refractivity contribution in [2.24, 2.45) is 0 Å². The molecule has 19 heavy (non-hydrogen) atoms. The van der Waals surface area contributed by atoms with Gasteiger partial charge in [-0.05, 0) is 18.2 Å². The van der Waals surface area contributed by atoms with Gasteiger partial charge in [-0.25, -0.2) is 9.78 Å². The van der Waals surface area contributed by atoms with Crippen molar-refractivity contribution in [2.45, 2.75) is 10.1 Å². The lowest BCUT2D eigenvalue weighted by Gasteiger charge is -2.07. The first-order valence-electron chi connectivity index (χ1n) is 5.24. The molecule has 0 amide bonds. The Bertz CT molecular complexity index is 669. The Kier molecular flexibility index (Phi) is 3.86. The highest BCUT2D eigenvalue weighted by atomic mass is 32.2. The van der Waals surface area contributed by atoms with E-state index in [1.54, 1.807) is 12.1 Å². The predicted octanol–water partition coefficient (Wildman–Crippen LogP) is 1.63. The number of hydrogen-bond donors (Lipinski definition) is 2. The van der Waals surface area contributed by atoms with Gasteiger partial charge in [-0.2, -0.15) is 0 Å². The van der Waals surface area contributed by atoms with Crippen molar-refractivity contribution in [3.05, 3.63) is 46.4 Å². The largest absolute Gasteiger partial charge is 0.497 e. The van der Waals surface area contributed by atoms with Crippen molar-refractivity contribution >= 4 is 17.7 Å². The van der Waals surface area contributed by atoms with E-state index < -0.39 is 5.97 Å². The molecule has 0 aliphatic heterocycles. The summed E-state index contributed by atoms with van der Waals surface area (Å²) < 4.78 is 5.05. The van der Waals surface area contributed by atoms with Gasteiger partial charge in [0.05, 0.1) is 12.7 Å². The van der Waals surface area contributed by atoms with Crippen LogP contribution in [0, 0.1) is 0 Å². The van der Waals surface area contributed by atoms with Crippen LogP contribution in [0.1, 0.15) is 10.4 Å². The molecular formula is C12H10N2O4S. The van der Waals surface area contributed by atoms with Crippen LogP contribution in [0.3, 0.4) is 0 Å². The molecule has 0 spiro atoms. The lowest BCUT2D eigenvalue weighted by molar-refractivity contribution is 0.0693. The number of carbonyl (C=O) groups is 1. The van der Waals surface area contributed by atoms with Crippen LogP contribution in [0.15, 0.2) is 45.3 Å². The maximum Gasteiger partial charge on any atom is 0.336 e. The highest BCUT2D eigenvalue weighted by Crippen LogP contribution is 2.30. The minimum absolute atomic E-state index is 0.123. The summed E-state index contributed by atoms with van der Waals surface area (Å²) in [6, 6.07) is 5.88. The van der Waals surface area contributed by atoms with Gasteiger partial charge in [0, 0.05) is 17.2 Å². The van der Waals surface area contributed by atoms with Gasteiger partial charge in [0.2, 0.25) is 0 Å². The fraction of sp³-hybridized carbons (Fsp3) is 0.0833. The summed E-state index contributed by atoms with van der Waals surface area (Å²) in [4.78, 5) is 29.2. The number of methoxy groups -OCH3 is 1. The highest BCUT2D eigenvalue weighted by molar-refractivity contribution is 7.99. The molecule has 98 valence electrons. The Morgan fingerprint density at radius 1 is 1.42 bits per heavy atom. The van der Waals surface area contributed by atoms with Crippen LogP contribution < -0.4 is 10.3 Å². The first-order chi connectivity index (χ1) is 9.10. The summed E-state index contributed by atoms with van der Waals surface area (Å²) >= 11 is 1.06. The number of hydrogen-bond acceptors (Lipinski definition) is 5. The van der Waals surface area contributed by atoms with E-state index in [2.05, 4.69) is 9.97 Å². The van der Waals surface area contributed by atoms with Gasteiger partial charge in [0.1, 0.15) is 5.75 Å². The first kappa shape index (κ1) is 13.2. The van der Waals surface area contributed by atoms with Crippen LogP contribution >= 0.6 is 11.8 Å². The predicted molar refractivity (Wildman–Crippen MR) is 68.9 cm³/mol. The molecule has 6 nitrogen and oxygen atoms in total. The van der Waals surface area contributed by atoms with Gasteiger partial charge >= 0.3 is 5.97 Å². The molecule has 1 aromatic heterocycles. The fourth-order valence-corrected chi connectivity index (χ4v) is 2.31. The molecule has 0 saturated carbocycles. The normalized spacial score (nSPS) is 10.2. The molecule has 0 radical (unpaired) electrons. The van der Waals surface area contributed by atoms with Gasteiger partial charge in [-0.1, -0.05) is 11.8 Å². The maximum absolute atomic E-state index is 11.2. The van der Waals surface area contributed by atoms with E-state index in [0.29, 0.717) is 15.8 Å². The molecule has 0 bridgehead atoms. The van der Waals surface area contributed by atoms with E-state index >= 15 is 0 Å².